The van der Waals surface area contributed by atoms with Crippen molar-refractivity contribution < 1.29 is 16.8 Å². The van der Waals surface area contributed by atoms with Crippen LogP contribution in [0.4, 0.5) is 0 Å². The van der Waals surface area contributed by atoms with Gasteiger partial charge in [0.05, 0.1) is 9.79 Å². The van der Waals surface area contributed by atoms with E-state index in [1.165, 1.54) is 31.3 Å². The summed E-state index contributed by atoms with van der Waals surface area (Å²) in [6.45, 7) is 9.60. The predicted octanol–water partition coefficient (Wildman–Crippen LogP) is 3.13. The second-order valence-electron chi connectivity index (χ2n) is 6.88. The van der Waals surface area contributed by atoms with Gasteiger partial charge >= 0.3 is 0 Å². The zero-order valence-corrected chi connectivity index (χ0v) is 19.3. The zero-order chi connectivity index (χ0) is 20.1. The largest absolute Gasteiger partial charge is 0.244 e. The minimum absolute atomic E-state index is 0.151. The van der Waals surface area contributed by atoms with Gasteiger partial charge in [-0.15, -0.1) is 22.7 Å². The maximum absolute atomic E-state index is 13.1. The van der Waals surface area contributed by atoms with E-state index in [0.717, 1.165) is 19.5 Å². The molecule has 3 heterocycles. The second-order valence-corrected chi connectivity index (χ2v) is 13.6. The van der Waals surface area contributed by atoms with E-state index in [4.69, 9.17) is 0 Å². The Hall–Kier alpha value is -0.780. The van der Waals surface area contributed by atoms with Crippen LogP contribution in [0.2, 0.25) is 0 Å². The van der Waals surface area contributed by atoms with Crippen LogP contribution in [0, 0.1) is 27.7 Å². The van der Waals surface area contributed by atoms with E-state index in [9.17, 15) is 16.8 Å². The fourth-order valence-corrected chi connectivity index (χ4v) is 9.65. The average molecular weight is 449 g/mol. The summed E-state index contributed by atoms with van der Waals surface area (Å²) in [4.78, 5) is 4.08. The first kappa shape index (κ1) is 20.9. The van der Waals surface area contributed by atoms with Crippen LogP contribution in [0.25, 0.3) is 0 Å². The maximum atomic E-state index is 13.1. The highest BCUT2D eigenvalue weighted by molar-refractivity contribution is 7.89. The Balaban J connectivity index is 1.86. The van der Waals surface area contributed by atoms with Crippen molar-refractivity contribution in [2.45, 2.75) is 50.5 Å². The third-order valence-electron chi connectivity index (χ3n) is 4.72. The molecular weight excluding hydrogens is 424 g/mol. The number of rotatable bonds is 4. The lowest BCUT2D eigenvalue weighted by Crippen LogP contribution is -2.55. The van der Waals surface area contributed by atoms with E-state index in [0.29, 0.717) is 9.79 Å². The average Bonchev–Trinajstić information content (AvgIpc) is 3.08. The van der Waals surface area contributed by atoms with Crippen LogP contribution in [0.15, 0.2) is 21.9 Å². The van der Waals surface area contributed by atoms with Gasteiger partial charge < -0.3 is 0 Å². The first-order chi connectivity index (χ1) is 12.4. The fourth-order valence-electron chi connectivity index (χ4n) is 3.48. The van der Waals surface area contributed by atoms with Crippen molar-refractivity contribution in [2.24, 2.45) is 0 Å². The topological polar surface area (TPSA) is 74.8 Å². The van der Waals surface area contributed by atoms with Crippen LogP contribution in [0.1, 0.15) is 26.4 Å². The van der Waals surface area contributed by atoms with Crippen molar-refractivity contribution in [3.63, 3.8) is 0 Å². The molecule has 6 nitrogen and oxygen atoms in total. The van der Waals surface area contributed by atoms with Crippen LogP contribution in [-0.4, -0.2) is 51.1 Å². The summed E-state index contributed by atoms with van der Waals surface area (Å²) < 4.78 is 55.0. The molecule has 2 aromatic rings. The number of nitrogens with zero attached hydrogens (tertiary/aromatic N) is 2. The number of aryl methyl sites for hydroxylation is 4. The van der Waals surface area contributed by atoms with Crippen molar-refractivity contribution in [2.75, 3.05) is 19.6 Å². The number of sulfonamides is 2. The molecule has 1 aliphatic rings. The molecule has 0 unspecified atom stereocenters. The zero-order valence-electron chi connectivity index (χ0n) is 16.0. The van der Waals surface area contributed by atoms with Crippen LogP contribution >= 0.6 is 22.7 Å². The smallest absolute Gasteiger partial charge is 0.207 e. The van der Waals surface area contributed by atoms with Gasteiger partial charge in [-0.3, -0.25) is 0 Å². The molecule has 0 spiro atoms. The normalized spacial score (nSPS) is 20.3. The first-order valence-corrected chi connectivity index (χ1v) is 13.1. The summed E-state index contributed by atoms with van der Waals surface area (Å²) in [7, 11) is -7.25. The van der Waals surface area contributed by atoms with Gasteiger partial charge in [-0.2, -0.15) is 8.61 Å². The number of piperazine rings is 1. The Labute approximate surface area is 169 Å². The van der Waals surface area contributed by atoms with Gasteiger partial charge in [0.15, 0.2) is 0 Å². The van der Waals surface area contributed by atoms with Crippen LogP contribution in [0.3, 0.4) is 0 Å². The summed E-state index contributed by atoms with van der Waals surface area (Å²) in [5.74, 6) is 0. The lowest BCUT2D eigenvalue weighted by atomic mass is 10.3. The van der Waals surface area contributed by atoms with E-state index >= 15 is 0 Å². The second kappa shape index (κ2) is 7.23. The van der Waals surface area contributed by atoms with Gasteiger partial charge in [0.1, 0.15) is 0 Å². The van der Waals surface area contributed by atoms with Crippen molar-refractivity contribution in [1.29, 1.82) is 0 Å². The molecule has 0 aliphatic carbocycles. The summed E-state index contributed by atoms with van der Waals surface area (Å²) in [5, 5.41) is 0. The predicted molar refractivity (Wildman–Crippen MR) is 110 cm³/mol. The van der Waals surface area contributed by atoms with Gasteiger partial charge in [-0.25, -0.2) is 16.8 Å². The van der Waals surface area contributed by atoms with Gasteiger partial charge in [0.2, 0.25) is 20.0 Å². The molecule has 1 aliphatic heterocycles. The van der Waals surface area contributed by atoms with E-state index in [-0.39, 0.29) is 19.6 Å². The maximum Gasteiger partial charge on any atom is 0.244 e. The molecule has 0 radical (unpaired) electrons. The fraction of sp³-hybridized carbons (Fsp3) is 0.529. The molecule has 1 atom stereocenters. The summed E-state index contributed by atoms with van der Waals surface area (Å²) in [5.41, 5.74) is 0. The Morgan fingerprint density at radius 3 is 1.74 bits per heavy atom. The lowest BCUT2D eigenvalue weighted by Gasteiger charge is -2.38. The molecule has 0 aromatic carbocycles. The molecule has 1 fully saturated rings. The molecule has 2 aromatic heterocycles. The van der Waals surface area contributed by atoms with E-state index in [2.05, 4.69) is 0 Å². The highest BCUT2D eigenvalue weighted by atomic mass is 32.2. The molecule has 0 N–H and O–H groups in total. The Morgan fingerprint density at radius 1 is 0.852 bits per heavy atom. The Morgan fingerprint density at radius 2 is 1.33 bits per heavy atom. The van der Waals surface area contributed by atoms with Crippen LogP contribution in [-0.2, 0) is 20.0 Å². The van der Waals surface area contributed by atoms with Gasteiger partial charge in [0, 0.05) is 45.2 Å². The third-order valence-corrected chi connectivity index (χ3v) is 11.0. The summed E-state index contributed by atoms with van der Waals surface area (Å²) in [6, 6.07) is 2.96. The molecule has 10 heteroatoms. The SMILES string of the molecule is Cc1cc(S(=O)(=O)N2CCN(S(=O)(=O)c3cc(C)sc3C)[C@@H](C)C2)c(C)s1. The van der Waals surface area contributed by atoms with Crippen molar-refractivity contribution >= 4 is 42.7 Å². The minimum atomic E-state index is -3.63. The molecule has 0 amide bonds. The number of hydrogen-bond donors (Lipinski definition) is 0. The van der Waals surface area contributed by atoms with Crippen molar-refractivity contribution in [1.82, 2.24) is 8.61 Å². The third kappa shape index (κ3) is 3.75. The monoisotopic (exact) mass is 448 g/mol. The quantitative estimate of drug-likeness (QED) is 0.720. The number of hydrogen-bond acceptors (Lipinski definition) is 6. The molecule has 3 rings (SSSR count). The minimum Gasteiger partial charge on any atom is -0.207 e. The summed E-state index contributed by atoms with van der Waals surface area (Å²) in [6.07, 6.45) is 0. The van der Waals surface area contributed by atoms with E-state index < -0.39 is 26.1 Å². The standard InChI is InChI=1S/C17H24N2O4S4/c1-11-10-18(26(20,21)16-8-12(2)24-14(16)4)6-7-19(11)27(22,23)17-9-13(3)25-15(17)5/h8-9,11H,6-7,10H2,1-5H3/t11-/m0/s1. The molecule has 1 saturated heterocycles. The Kier molecular flexibility index (Phi) is 5.61. The van der Waals surface area contributed by atoms with Crippen molar-refractivity contribution in [3.05, 3.63) is 31.6 Å². The van der Waals surface area contributed by atoms with Crippen molar-refractivity contribution in [3.8, 4) is 0 Å². The number of thiophene rings is 2. The highest BCUT2D eigenvalue weighted by Crippen LogP contribution is 2.32. The highest BCUT2D eigenvalue weighted by Gasteiger charge is 2.39. The first-order valence-electron chi connectivity index (χ1n) is 8.60. The molecule has 150 valence electrons. The molecule has 0 saturated carbocycles. The van der Waals surface area contributed by atoms with Crippen LogP contribution in [0.5, 0.6) is 0 Å². The summed E-state index contributed by atoms with van der Waals surface area (Å²) >= 11 is 2.91. The molecular formula is C17H24N2O4S4. The van der Waals surface area contributed by atoms with E-state index in [1.807, 2.05) is 13.8 Å². The molecule has 0 bridgehead atoms. The van der Waals surface area contributed by atoms with Crippen LogP contribution < -0.4 is 0 Å². The van der Waals surface area contributed by atoms with Gasteiger partial charge in [0.25, 0.3) is 0 Å². The van der Waals surface area contributed by atoms with Gasteiger partial charge in [-0.1, -0.05) is 0 Å². The molecule has 27 heavy (non-hydrogen) atoms. The Bertz CT molecular complexity index is 1070. The van der Waals surface area contributed by atoms with Gasteiger partial charge in [-0.05, 0) is 46.8 Å². The van der Waals surface area contributed by atoms with E-state index in [1.54, 1.807) is 32.9 Å². The lowest BCUT2D eigenvalue weighted by molar-refractivity contribution is 0.212.